The summed E-state index contributed by atoms with van der Waals surface area (Å²) in [6, 6.07) is 19.2. The number of nitrogens with zero attached hydrogens (tertiary/aromatic N) is 3. The first-order chi connectivity index (χ1) is 14.1. The molecule has 7 nitrogen and oxygen atoms in total. The highest BCUT2D eigenvalue weighted by Gasteiger charge is 2.16. The second-order valence-corrected chi connectivity index (χ2v) is 7.53. The molecular formula is C20H17N5O2S2. The molecule has 2 N–H and O–H groups in total. The van der Waals surface area contributed by atoms with Crippen molar-refractivity contribution in [1.29, 1.82) is 0 Å². The van der Waals surface area contributed by atoms with E-state index in [0.29, 0.717) is 16.6 Å². The predicted molar refractivity (Wildman–Crippen MR) is 116 cm³/mol. The summed E-state index contributed by atoms with van der Waals surface area (Å²) in [5.74, 6) is 1.12. The second-order valence-electron chi connectivity index (χ2n) is 6.18. The molecule has 0 unspecified atom stereocenters. The van der Waals surface area contributed by atoms with Crippen LogP contribution in [0.25, 0.3) is 11.0 Å². The van der Waals surface area contributed by atoms with Crippen molar-refractivity contribution in [2.24, 2.45) is 0 Å². The molecule has 0 atom stereocenters. The Morgan fingerprint density at radius 3 is 2.69 bits per heavy atom. The number of carbonyl (C=O) groups is 1. The highest BCUT2D eigenvalue weighted by molar-refractivity contribution is 7.98. The van der Waals surface area contributed by atoms with Gasteiger partial charge in [0.05, 0.1) is 0 Å². The molecule has 0 aliphatic rings. The van der Waals surface area contributed by atoms with Crippen LogP contribution < -0.4 is 10.7 Å². The Bertz CT molecular complexity index is 1140. The Kier molecular flexibility index (Phi) is 5.59. The van der Waals surface area contributed by atoms with Gasteiger partial charge in [0.1, 0.15) is 11.4 Å². The molecule has 0 bridgehead atoms. The van der Waals surface area contributed by atoms with Gasteiger partial charge in [-0.05, 0) is 36.8 Å². The third kappa shape index (κ3) is 4.47. The topological polar surface area (TPSA) is 85.0 Å². The van der Waals surface area contributed by atoms with Gasteiger partial charge in [-0.15, -0.1) is 10.2 Å². The molecule has 0 aliphatic carbocycles. The number of thiocarbonyl (C=S) groups is 1. The zero-order valence-corrected chi connectivity index (χ0v) is 17.1. The van der Waals surface area contributed by atoms with Crippen LogP contribution in [-0.4, -0.2) is 25.9 Å². The van der Waals surface area contributed by atoms with Crippen molar-refractivity contribution >= 4 is 46.0 Å². The molecule has 29 heavy (non-hydrogen) atoms. The van der Waals surface area contributed by atoms with E-state index in [2.05, 4.69) is 20.9 Å². The summed E-state index contributed by atoms with van der Waals surface area (Å²) >= 11 is 6.80. The molecule has 0 saturated carbocycles. The first-order valence-electron chi connectivity index (χ1n) is 8.80. The van der Waals surface area contributed by atoms with Gasteiger partial charge in [0.25, 0.3) is 5.91 Å². The number of fused-ring (bicyclic) bond motifs is 1. The Morgan fingerprint density at radius 2 is 1.90 bits per heavy atom. The Balaban J connectivity index is 1.41. The van der Waals surface area contributed by atoms with Crippen LogP contribution in [0.2, 0.25) is 0 Å². The number of thioether (sulfide) groups is 1. The fraction of sp³-hybridized carbons (Fsp3) is 0.100. The molecule has 2 aromatic carbocycles. The Labute approximate surface area is 176 Å². The van der Waals surface area contributed by atoms with E-state index in [1.807, 2.05) is 48.5 Å². The second kappa shape index (κ2) is 8.46. The summed E-state index contributed by atoms with van der Waals surface area (Å²) in [4.78, 5) is 12.5. The smallest absolute Gasteiger partial charge is 0.293 e. The monoisotopic (exact) mass is 423 g/mol. The number of carbonyl (C=O) groups excluding carboxylic acids is 1. The van der Waals surface area contributed by atoms with Gasteiger partial charge in [0, 0.05) is 11.1 Å². The number of amides is 1. The summed E-state index contributed by atoms with van der Waals surface area (Å²) in [5.41, 5.74) is 4.77. The average molecular weight is 424 g/mol. The molecule has 146 valence electrons. The standard InChI is InChI=1S/C20H17N5O2S2/c1-13-22-23-20(29-12-14-7-3-2-4-8-14)25(13)24-19(28)21-18(26)17-11-15-9-5-6-10-16(15)27-17/h2-11H,12H2,1H3,(H2,21,24,26,28). The quantitative estimate of drug-likeness (QED) is 0.372. The molecule has 0 radical (unpaired) electrons. The molecule has 1 amide bonds. The first-order valence-corrected chi connectivity index (χ1v) is 10.2. The first kappa shape index (κ1) is 19.2. The molecule has 4 rings (SSSR count). The van der Waals surface area contributed by atoms with Gasteiger partial charge in [-0.25, -0.2) is 4.68 Å². The van der Waals surface area contributed by atoms with Crippen molar-refractivity contribution in [1.82, 2.24) is 20.2 Å². The number of furan rings is 1. The van der Waals surface area contributed by atoms with E-state index in [1.165, 1.54) is 17.3 Å². The molecule has 2 aromatic heterocycles. The van der Waals surface area contributed by atoms with Crippen LogP contribution in [0.4, 0.5) is 0 Å². The van der Waals surface area contributed by atoms with E-state index in [9.17, 15) is 4.79 Å². The largest absolute Gasteiger partial charge is 0.451 e. The summed E-state index contributed by atoms with van der Waals surface area (Å²) in [7, 11) is 0. The van der Waals surface area contributed by atoms with Crippen molar-refractivity contribution < 1.29 is 9.21 Å². The molecular weight excluding hydrogens is 406 g/mol. The number of benzene rings is 2. The van der Waals surface area contributed by atoms with Gasteiger partial charge in [0.15, 0.2) is 10.9 Å². The SMILES string of the molecule is Cc1nnc(SCc2ccccc2)n1NC(=S)NC(=O)c1cc2ccccc2o1. The predicted octanol–water partition coefficient (Wildman–Crippen LogP) is 3.88. The summed E-state index contributed by atoms with van der Waals surface area (Å²) < 4.78 is 7.21. The number of para-hydroxylation sites is 1. The van der Waals surface area contributed by atoms with E-state index >= 15 is 0 Å². The molecule has 4 aromatic rings. The van der Waals surface area contributed by atoms with Crippen LogP contribution >= 0.6 is 24.0 Å². The minimum absolute atomic E-state index is 0.125. The maximum absolute atomic E-state index is 12.5. The lowest BCUT2D eigenvalue weighted by molar-refractivity contribution is 0.0952. The highest BCUT2D eigenvalue weighted by Crippen LogP contribution is 2.21. The van der Waals surface area contributed by atoms with Crippen molar-refractivity contribution in [3.63, 3.8) is 0 Å². The maximum atomic E-state index is 12.5. The van der Waals surface area contributed by atoms with Crippen LogP contribution in [0.3, 0.4) is 0 Å². The van der Waals surface area contributed by atoms with E-state index in [-0.39, 0.29) is 10.9 Å². The number of hydrogen-bond acceptors (Lipinski definition) is 6. The Morgan fingerprint density at radius 1 is 1.14 bits per heavy atom. The van der Waals surface area contributed by atoms with Gasteiger partial charge in [-0.1, -0.05) is 60.3 Å². The number of rotatable bonds is 5. The molecule has 0 aliphatic heterocycles. The third-order valence-corrected chi connectivity index (χ3v) is 5.29. The van der Waals surface area contributed by atoms with Crippen molar-refractivity contribution in [2.45, 2.75) is 17.8 Å². The lowest BCUT2D eigenvalue weighted by Crippen LogP contribution is -2.38. The molecule has 0 saturated heterocycles. The fourth-order valence-electron chi connectivity index (χ4n) is 2.68. The number of aromatic nitrogens is 3. The molecule has 0 fully saturated rings. The number of nitrogens with one attached hydrogen (secondary N) is 2. The average Bonchev–Trinajstić information content (AvgIpc) is 3.31. The summed E-state index contributed by atoms with van der Waals surface area (Å²) in [6.45, 7) is 1.80. The van der Waals surface area contributed by atoms with E-state index in [4.69, 9.17) is 16.6 Å². The minimum atomic E-state index is -0.428. The van der Waals surface area contributed by atoms with Gasteiger partial charge in [0.2, 0.25) is 5.16 Å². The maximum Gasteiger partial charge on any atom is 0.293 e. The lowest BCUT2D eigenvalue weighted by atomic mass is 10.2. The van der Waals surface area contributed by atoms with Crippen LogP contribution in [0.15, 0.2) is 70.2 Å². The van der Waals surface area contributed by atoms with Crippen molar-refractivity contribution in [3.8, 4) is 0 Å². The van der Waals surface area contributed by atoms with E-state index < -0.39 is 5.91 Å². The Hall–Kier alpha value is -3.17. The minimum Gasteiger partial charge on any atom is -0.451 e. The van der Waals surface area contributed by atoms with Crippen LogP contribution in [-0.2, 0) is 5.75 Å². The number of aryl methyl sites for hydroxylation is 1. The van der Waals surface area contributed by atoms with Gasteiger partial charge in [-0.3, -0.25) is 15.5 Å². The van der Waals surface area contributed by atoms with E-state index in [0.717, 1.165) is 11.1 Å². The summed E-state index contributed by atoms with van der Waals surface area (Å²) in [5, 5.41) is 12.5. The summed E-state index contributed by atoms with van der Waals surface area (Å²) in [6.07, 6.45) is 0. The molecule has 2 heterocycles. The molecule has 0 spiro atoms. The van der Waals surface area contributed by atoms with Gasteiger partial charge >= 0.3 is 0 Å². The van der Waals surface area contributed by atoms with Crippen molar-refractivity contribution in [2.75, 3.05) is 5.43 Å². The van der Waals surface area contributed by atoms with Crippen LogP contribution in [0.1, 0.15) is 21.9 Å². The zero-order chi connectivity index (χ0) is 20.2. The van der Waals surface area contributed by atoms with Crippen LogP contribution in [0.5, 0.6) is 0 Å². The highest BCUT2D eigenvalue weighted by atomic mass is 32.2. The van der Waals surface area contributed by atoms with E-state index in [1.54, 1.807) is 23.7 Å². The third-order valence-electron chi connectivity index (χ3n) is 4.10. The van der Waals surface area contributed by atoms with Crippen molar-refractivity contribution in [3.05, 3.63) is 77.8 Å². The lowest BCUT2D eigenvalue weighted by Gasteiger charge is -2.12. The fourth-order valence-corrected chi connectivity index (χ4v) is 3.75. The normalized spacial score (nSPS) is 10.8. The van der Waals surface area contributed by atoms with Crippen LogP contribution in [0, 0.1) is 6.92 Å². The number of hydrogen-bond donors (Lipinski definition) is 2. The van der Waals surface area contributed by atoms with Gasteiger partial charge in [-0.2, -0.15) is 0 Å². The molecule has 9 heteroatoms. The zero-order valence-electron chi connectivity index (χ0n) is 15.5. The van der Waals surface area contributed by atoms with Gasteiger partial charge < -0.3 is 4.42 Å².